The fourth-order valence-electron chi connectivity index (χ4n) is 1.71. The highest BCUT2D eigenvalue weighted by Gasteiger charge is 2.23. The molecule has 0 amide bonds. The lowest BCUT2D eigenvalue weighted by Gasteiger charge is -2.35. The minimum Gasteiger partial charge on any atom is -0.394 e. The fraction of sp³-hybridized carbons (Fsp3) is 0.500. The predicted octanol–water partition coefficient (Wildman–Crippen LogP) is -0.893. The van der Waals surface area contributed by atoms with Crippen LogP contribution in [0.3, 0.4) is 0 Å². The number of aliphatic hydroxyl groups is 1. The number of rotatable bonds is 3. The van der Waals surface area contributed by atoms with E-state index in [-0.39, 0.29) is 17.4 Å². The van der Waals surface area contributed by atoms with E-state index in [0.717, 1.165) is 6.54 Å². The van der Waals surface area contributed by atoms with Crippen LogP contribution in [0.2, 0.25) is 0 Å². The molecule has 0 radical (unpaired) electrons. The van der Waals surface area contributed by atoms with E-state index >= 15 is 0 Å². The quantitative estimate of drug-likeness (QED) is 0.677. The Morgan fingerprint density at radius 1 is 1.47 bits per heavy atom. The Morgan fingerprint density at radius 3 is 2.87 bits per heavy atom. The molecule has 0 spiro atoms. The Hall–Kier alpha value is -1.33. The topological polar surface area (TPSA) is 71.5 Å². The molecular formula is C10H15N3O2. The molecule has 2 heterocycles. The van der Waals surface area contributed by atoms with E-state index in [1.165, 1.54) is 0 Å². The monoisotopic (exact) mass is 209 g/mol. The zero-order valence-corrected chi connectivity index (χ0v) is 8.47. The lowest BCUT2D eigenvalue weighted by molar-refractivity contribution is 0.000415. The van der Waals surface area contributed by atoms with Gasteiger partial charge in [0.15, 0.2) is 0 Å². The van der Waals surface area contributed by atoms with Crippen LogP contribution in [0.15, 0.2) is 23.1 Å². The molecule has 1 aliphatic heterocycles. The number of nitrogen functional groups attached to an aromatic ring is 1. The van der Waals surface area contributed by atoms with Crippen LogP contribution < -0.4 is 11.3 Å². The van der Waals surface area contributed by atoms with Crippen molar-refractivity contribution in [3.05, 3.63) is 28.7 Å². The van der Waals surface area contributed by atoms with Gasteiger partial charge in [-0.15, -0.1) is 0 Å². The third kappa shape index (κ3) is 2.19. The van der Waals surface area contributed by atoms with Gasteiger partial charge >= 0.3 is 0 Å². The fourth-order valence-corrected chi connectivity index (χ4v) is 1.71. The lowest BCUT2D eigenvalue weighted by Crippen LogP contribution is -2.51. The average molecular weight is 209 g/mol. The summed E-state index contributed by atoms with van der Waals surface area (Å²) in [5, 5.41) is 9.08. The smallest absolute Gasteiger partial charge is 0.273 e. The van der Waals surface area contributed by atoms with Crippen LogP contribution in [0.4, 0.5) is 5.69 Å². The summed E-state index contributed by atoms with van der Waals surface area (Å²) in [5.74, 6) is 0. The van der Waals surface area contributed by atoms with Crippen LogP contribution in [0.5, 0.6) is 0 Å². The largest absolute Gasteiger partial charge is 0.394 e. The highest BCUT2D eigenvalue weighted by atomic mass is 16.3. The molecule has 2 rings (SSSR count). The third-order valence-corrected chi connectivity index (χ3v) is 2.64. The van der Waals surface area contributed by atoms with Crippen LogP contribution in [-0.4, -0.2) is 40.3 Å². The van der Waals surface area contributed by atoms with Crippen molar-refractivity contribution in [3.8, 4) is 0 Å². The number of aliphatic hydroxyl groups excluding tert-OH is 1. The Bertz CT molecular complexity index is 396. The molecule has 82 valence electrons. The van der Waals surface area contributed by atoms with E-state index in [0.29, 0.717) is 19.6 Å². The summed E-state index contributed by atoms with van der Waals surface area (Å²) in [4.78, 5) is 13.6. The van der Waals surface area contributed by atoms with Crippen LogP contribution in [-0.2, 0) is 6.54 Å². The molecule has 0 aliphatic carbocycles. The van der Waals surface area contributed by atoms with Gasteiger partial charge in [0.2, 0.25) is 0 Å². The highest BCUT2D eigenvalue weighted by molar-refractivity contribution is 5.33. The number of hydrogen-bond acceptors (Lipinski definition) is 4. The van der Waals surface area contributed by atoms with Gasteiger partial charge in [0.05, 0.1) is 11.8 Å². The first-order valence-corrected chi connectivity index (χ1v) is 5.02. The van der Waals surface area contributed by atoms with Crippen molar-refractivity contribution in [2.24, 2.45) is 0 Å². The van der Waals surface area contributed by atoms with Crippen molar-refractivity contribution >= 4 is 5.69 Å². The minimum absolute atomic E-state index is 0.140. The van der Waals surface area contributed by atoms with E-state index < -0.39 is 0 Å². The molecule has 1 aromatic heterocycles. The Morgan fingerprint density at radius 2 is 2.20 bits per heavy atom. The maximum Gasteiger partial charge on any atom is 0.273 e. The van der Waals surface area contributed by atoms with Gasteiger partial charge in [0, 0.05) is 32.4 Å². The van der Waals surface area contributed by atoms with Crippen molar-refractivity contribution in [2.75, 3.05) is 25.4 Å². The molecule has 15 heavy (non-hydrogen) atoms. The van der Waals surface area contributed by atoms with Gasteiger partial charge < -0.3 is 15.4 Å². The van der Waals surface area contributed by atoms with Crippen molar-refractivity contribution in [2.45, 2.75) is 12.6 Å². The molecule has 0 aromatic carbocycles. The maximum absolute atomic E-state index is 11.5. The number of nitrogens with zero attached hydrogens (tertiary/aromatic N) is 2. The van der Waals surface area contributed by atoms with Gasteiger partial charge in [-0.2, -0.15) is 0 Å². The number of likely N-dealkylation sites (tertiary alicyclic amines) is 1. The molecule has 0 unspecified atom stereocenters. The van der Waals surface area contributed by atoms with Gasteiger partial charge in [-0.1, -0.05) is 0 Å². The molecule has 0 atom stereocenters. The predicted molar refractivity (Wildman–Crippen MR) is 57.6 cm³/mol. The standard InChI is InChI=1S/C10H15N3O2/c11-9-2-1-3-13(10(9)15)5-4-12-6-8(14)7-12/h1-3,8,14H,4-7,11H2. The van der Waals surface area contributed by atoms with Gasteiger partial charge in [-0.3, -0.25) is 9.69 Å². The molecular weight excluding hydrogens is 194 g/mol. The van der Waals surface area contributed by atoms with Gasteiger partial charge in [0.1, 0.15) is 0 Å². The molecule has 3 N–H and O–H groups in total. The first-order chi connectivity index (χ1) is 7.16. The Balaban J connectivity index is 1.94. The van der Waals surface area contributed by atoms with Crippen molar-refractivity contribution in [3.63, 3.8) is 0 Å². The summed E-state index contributed by atoms with van der Waals surface area (Å²) >= 11 is 0. The van der Waals surface area contributed by atoms with Gasteiger partial charge in [-0.05, 0) is 12.1 Å². The number of nitrogens with two attached hydrogens (primary N) is 1. The molecule has 0 bridgehead atoms. The zero-order chi connectivity index (χ0) is 10.8. The Labute approximate surface area is 87.7 Å². The molecule has 1 saturated heterocycles. The van der Waals surface area contributed by atoms with E-state index in [9.17, 15) is 4.79 Å². The summed E-state index contributed by atoms with van der Waals surface area (Å²) < 4.78 is 1.60. The number of pyridine rings is 1. The number of β-amino-alcohol motifs (C(OH)–C–C–N with tert-alkyl or cyclic N) is 1. The third-order valence-electron chi connectivity index (χ3n) is 2.64. The van der Waals surface area contributed by atoms with Crippen molar-refractivity contribution < 1.29 is 5.11 Å². The van der Waals surface area contributed by atoms with E-state index in [1.54, 1.807) is 22.9 Å². The van der Waals surface area contributed by atoms with E-state index in [1.807, 2.05) is 0 Å². The summed E-state index contributed by atoms with van der Waals surface area (Å²) in [7, 11) is 0. The van der Waals surface area contributed by atoms with Crippen LogP contribution in [0.1, 0.15) is 0 Å². The van der Waals surface area contributed by atoms with Crippen molar-refractivity contribution in [1.29, 1.82) is 0 Å². The second kappa shape index (κ2) is 4.04. The maximum atomic E-state index is 11.5. The minimum atomic E-state index is -0.192. The van der Waals surface area contributed by atoms with Gasteiger partial charge in [-0.25, -0.2) is 0 Å². The summed E-state index contributed by atoms with van der Waals surface area (Å²) in [6, 6.07) is 3.37. The summed E-state index contributed by atoms with van der Waals surface area (Å²) in [6.07, 6.45) is 1.54. The zero-order valence-electron chi connectivity index (χ0n) is 8.47. The molecule has 1 aliphatic rings. The second-order valence-corrected chi connectivity index (χ2v) is 3.88. The first-order valence-electron chi connectivity index (χ1n) is 5.02. The number of aromatic nitrogens is 1. The SMILES string of the molecule is Nc1cccn(CCN2CC(O)C2)c1=O. The second-order valence-electron chi connectivity index (χ2n) is 3.88. The molecule has 1 aromatic rings. The number of hydrogen-bond donors (Lipinski definition) is 2. The highest BCUT2D eigenvalue weighted by Crippen LogP contribution is 2.06. The van der Waals surface area contributed by atoms with Crippen LogP contribution in [0, 0.1) is 0 Å². The lowest BCUT2D eigenvalue weighted by atomic mass is 10.2. The molecule has 0 saturated carbocycles. The normalized spacial score (nSPS) is 17.7. The molecule has 1 fully saturated rings. The van der Waals surface area contributed by atoms with E-state index in [4.69, 9.17) is 10.8 Å². The van der Waals surface area contributed by atoms with Crippen LogP contribution >= 0.6 is 0 Å². The van der Waals surface area contributed by atoms with E-state index in [2.05, 4.69) is 4.90 Å². The number of anilines is 1. The molecule has 5 nitrogen and oxygen atoms in total. The van der Waals surface area contributed by atoms with Crippen molar-refractivity contribution in [1.82, 2.24) is 9.47 Å². The Kier molecular flexibility index (Phi) is 2.75. The first kappa shape index (κ1) is 10.2. The van der Waals surface area contributed by atoms with Crippen LogP contribution in [0.25, 0.3) is 0 Å². The molecule has 5 heteroatoms. The average Bonchev–Trinajstić information content (AvgIpc) is 2.17. The summed E-state index contributed by atoms with van der Waals surface area (Å²) in [5.41, 5.74) is 5.65. The summed E-state index contributed by atoms with van der Waals surface area (Å²) in [6.45, 7) is 2.81. The van der Waals surface area contributed by atoms with Gasteiger partial charge in [0.25, 0.3) is 5.56 Å².